The molecule has 1 heterocycles. The fraction of sp³-hybridized carbons (Fsp3) is 0.167. The zero-order valence-corrected chi connectivity index (χ0v) is 9.04. The Hall–Kier alpha value is -2.30. The topological polar surface area (TPSA) is 71.5 Å². The van der Waals surface area contributed by atoms with Gasteiger partial charge in [-0.15, -0.1) is 0 Å². The Bertz CT molecular complexity index is 521. The number of anilines is 1. The molecule has 1 saturated heterocycles. The van der Waals surface area contributed by atoms with Crippen molar-refractivity contribution in [1.82, 2.24) is 0 Å². The molecule has 0 N–H and O–H groups in total. The molecule has 5 heteroatoms. The molecule has 2 rings (SSSR count). The maximum atomic E-state index is 11.8. The first-order chi connectivity index (χ1) is 8.04. The quantitative estimate of drug-likeness (QED) is 0.418. The van der Waals surface area contributed by atoms with Crippen molar-refractivity contribution < 1.29 is 19.2 Å². The Labute approximate surface area is 97.0 Å². The molecule has 1 atom stereocenters. The number of nitrogens with zero attached hydrogens (tertiary/aromatic N) is 1. The molecular formula is C12H9NO4. The van der Waals surface area contributed by atoms with Crippen molar-refractivity contribution in [2.24, 2.45) is 5.92 Å². The first kappa shape index (κ1) is 11.2. The van der Waals surface area contributed by atoms with Gasteiger partial charge in [-0.1, -0.05) is 18.2 Å². The van der Waals surface area contributed by atoms with Crippen LogP contribution in [0.4, 0.5) is 5.69 Å². The van der Waals surface area contributed by atoms with Gasteiger partial charge in [0.1, 0.15) is 5.78 Å². The molecule has 0 aromatic heterocycles. The highest BCUT2D eigenvalue weighted by Gasteiger charge is 2.49. The van der Waals surface area contributed by atoms with Crippen LogP contribution in [-0.2, 0) is 19.2 Å². The van der Waals surface area contributed by atoms with E-state index < -0.39 is 29.3 Å². The second kappa shape index (κ2) is 3.93. The van der Waals surface area contributed by atoms with Gasteiger partial charge in [-0.05, 0) is 19.1 Å². The SMILES string of the molecule is CC(=O)[C@@H]1C(=O)C(=O)N(c2ccccc2)C1=O. The average molecular weight is 231 g/mol. The Morgan fingerprint density at radius 1 is 1.12 bits per heavy atom. The molecule has 0 saturated carbocycles. The molecule has 17 heavy (non-hydrogen) atoms. The van der Waals surface area contributed by atoms with E-state index in [1.54, 1.807) is 18.2 Å². The van der Waals surface area contributed by atoms with Crippen molar-refractivity contribution in [3.63, 3.8) is 0 Å². The van der Waals surface area contributed by atoms with Crippen LogP contribution in [0.15, 0.2) is 30.3 Å². The van der Waals surface area contributed by atoms with Gasteiger partial charge in [-0.3, -0.25) is 19.2 Å². The second-order valence-electron chi connectivity index (χ2n) is 3.72. The lowest BCUT2D eigenvalue weighted by molar-refractivity contribution is -0.139. The predicted molar refractivity (Wildman–Crippen MR) is 58.1 cm³/mol. The summed E-state index contributed by atoms with van der Waals surface area (Å²) < 4.78 is 0. The second-order valence-corrected chi connectivity index (χ2v) is 3.72. The molecule has 0 radical (unpaired) electrons. The van der Waals surface area contributed by atoms with Crippen LogP contribution < -0.4 is 4.90 Å². The van der Waals surface area contributed by atoms with Crippen LogP contribution in [0.2, 0.25) is 0 Å². The first-order valence-electron chi connectivity index (χ1n) is 5.01. The Morgan fingerprint density at radius 3 is 2.18 bits per heavy atom. The van der Waals surface area contributed by atoms with Gasteiger partial charge in [0.2, 0.25) is 5.78 Å². The largest absolute Gasteiger partial charge is 0.302 e. The van der Waals surface area contributed by atoms with Crippen LogP contribution in [0.5, 0.6) is 0 Å². The number of hydrogen-bond acceptors (Lipinski definition) is 4. The van der Waals surface area contributed by atoms with Crippen LogP contribution in [0.3, 0.4) is 0 Å². The monoisotopic (exact) mass is 231 g/mol. The summed E-state index contributed by atoms with van der Waals surface area (Å²) in [7, 11) is 0. The van der Waals surface area contributed by atoms with Gasteiger partial charge in [0.05, 0.1) is 5.69 Å². The summed E-state index contributed by atoms with van der Waals surface area (Å²) >= 11 is 0. The summed E-state index contributed by atoms with van der Waals surface area (Å²) in [6.45, 7) is 1.13. The summed E-state index contributed by atoms with van der Waals surface area (Å²) in [5.41, 5.74) is 0.305. The van der Waals surface area contributed by atoms with Crippen LogP contribution in [0.1, 0.15) is 6.92 Å². The Kier molecular flexibility index (Phi) is 2.59. The lowest BCUT2D eigenvalue weighted by atomic mass is 10.0. The van der Waals surface area contributed by atoms with Crippen molar-refractivity contribution in [3.05, 3.63) is 30.3 Å². The highest BCUT2D eigenvalue weighted by Crippen LogP contribution is 2.24. The minimum atomic E-state index is -1.47. The average Bonchev–Trinajstić information content (AvgIpc) is 2.51. The lowest BCUT2D eigenvalue weighted by Crippen LogP contribution is -2.31. The van der Waals surface area contributed by atoms with Gasteiger partial charge >= 0.3 is 5.91 Å². The minimum absolute atomic E-state index is 0.305. The zero-order chi connectivity index (χ0) is 12.6. The van der Waals surface area contributed by atoms with E-state index in [9.17, 15) is 19.2 Å². The maximum absolute atomic E-state index is 11.8. The van der Waals surface area contributed by atoms with Gasteiger partial charge in [-0.25, -0.2) is 4.90 Å². The smallest absolute Gasteiger partial charge is 0.299 e. The molecule has 86 valence electrons. The van der Waals surface area contributed by atoms with Crippen LogP contribution in [0, 0.1) is 5.92 Å². The minimum Gasteiger partial charge on any atom is -0.299 e. The predicted octanol–water partition coefficient (Wildman–Crippen LogP) is 0.334. The van der Waals surface area contributed by atoms with Gasteiger partial charge < -0.3 is 0 Å². The molecule has 1 aliphatic heterocycles. The zero-order valence-electron chi connectivity index (χ0n) is 9.04. The van der Waals surface area contributed by atoms with Crippen molar-refractivity contribution in [2.75, 3.05) is 4.90 Å². The molecule has 0 aliphatic carbocycles. The fourth-order valence-corrected chi connectivity index (χ4v) is 1.76. The number of carbonyl (C=O) groups is 4. The Balaban J connectivity index is 2.45. The summed E-state index contributed by atoms with van der Waals surface area (Å²) in [6.07, 6.45) is 0. The third-order valence-corrected chi connectivity index (χ3v) is 2.56. The normalized spacial score (nSPS) is 19.9. The van der Waals surface area contributed by atoms with Crippen LogP contribution >= 0.6 is 0 Å². The summed E-state index contributed by atoms with van der Waals surface area (Å²) in [5.74, 6) is -4.74. The summed E-state index contributed by atoms with van der Waals surface area (Å²) in [5, 5.41) is 0. The molecule has 0 bridgehead atoms. The van der Waals surface area contributed by atoms with Gasteiger partial charge in [0.15, 0.2) is 5.92 Å². The lowest BCUT2D eigenvalue weighted by Gasteiger charge is -2.12. The standard InChI is InChI=1S/C12H9NO4/c1-7(14)9-10(15)12(17)13(11(9)16)8-5-3-2-4-6-8/h2-6,9H,1H3/t9-/m1/s1. The molecule has 1 aromatic carbocycles. The van der Waals surface area contributed by atoms with Crippen LogP contribution in [0.25, 0.3) is 0 Å². The van der Waals surface area contributed by atoms with Crippen LogP contribution in [-0.4, -0.2) is 23.4 Å². The van der Waals surface area contributed by atoms with E-state index in [1.165, 1.54) is 12.1 Å². The van der Waals surface area contributed by atoms with E-state index in [4.69, 9.17) is 0 Å². The molecule has 1 aliphatic rings. The van der Waals surface area contributed by atoms with Gasteiger partial charge in [0, 0.05) is 0 Å². The number of carbonyl (C=O) groups excluding carboxylic acids is 4. The maximum Gasteiger partial charge on any atom is 0.302 e. The third kappa shape index (κ3) is 1.65. The number of Topliss-reactive ketones (excluding diaryl/α,β-unsaturated/α-hetero) is 2. The van der Waals surface area contributed by atoms with Crippen molar-refractivity contribution in [3.8, 4) is 0 Å². The number of imide groups is 1. The van der Waals surface area contributed by atoms with Crippen molar-refractivity contribution >= 4 is 29.1 Å². The molecule has 1 fully saturated rings. The van der Waals surface area contributed by atoms with Crippen molar-refractivity contribution in [2.45, 2.75) is 6.92 Å². The first-order valence-corrected chi connectivity index (χ1v) is 5.01. The molecule has 1 aromatic rings. The van der Waals surface area contributed by atoms with E-state index in [0.717, 1.165) is 11.8 Å². The molecular weight excluding hydrogens is 222 g/mol. The van der Waals surface area contributed by atoms with Gasteiger partial charge in [-0.2, -0.15) is 0 Å². The number of rotatable bonds is 2. The third-order valence-electron chi connectivity index (χ3n) is 2.56. The van der Waals surface area contributed by atoms with E-state index in [1.807, 2.05) is 0 Å². The highest BCUT2D eigenvalue weighted by atomic mass is 16.2. The van der Waals surface area contributed by atoms with E-state index in [-0.39, 0.29) is 0 Å². The van der Waals surface area contributed by atoms with E-state index in [2.05, 4.69) is 0 Å². The number of hydrogen-bond donors (Lipinski definition) is 0. The highest BCUT2D eigenvalue weighted by molar-refractivity contribution is 6.59. The number of ketones is 2. The van der Waals surface area contributed by atoms with E-state index in [0.29, 0.717) is 5.69 Å². The molecule has 2 amide bonds. The van der Waals surface area contributed by atoms with E-state index >= 15 is 0 Å². The molecule has 0 spiro atoms. The number of benzene rings is 1. The summed E-state index contributed by atoms with van der Waals surface area (Å²) in [4.78, 5) is 46.9. The number of para-hydroxylation sites is 1. The molecule has 5 nitrogen and oxygen atoms in total. The molecule has 0 unspecified atom stereocenters. The fourth-order valence-electron chi connectivity index (χ4n) is 1.76. The Morgan fingerprint density at radius 2 is 1.71 bits per heavy atom. The number of amides is 2. The summed E-state index contributed by atoms with van der Waals surface area (Å²) in [6, 6.07) is 8.07. The van der Waals surface area contributed by atoms with Crippen molar-refractivity contribution in [1.29, 1.82) is 0 Å². The van der Waals surface area contributed by atoms with Gasteiger partial charge in [0.25, 0.3) is 5.91 Å².